The third-order valence-corrected chi connectivity index (χ3v) is 10.7. The minimum absolute atomic E-state index is 0.110. The molecule has 15 nitrogen and oxygen atoms in total. The Kier molecular flexibility index (Phi) is 11.6. The molecule has 0 bridgehead atoms. The number of imidazole rings is 2. The number of alkyl carbamates (subject to hydrolysis) is 1. The number of nitrogens with zero attached hydrogens (tertiary/aromatic N) is 5. The van der Waals surface area contributed by atoms with Crippen molar-refractivity contribution in [3.8, 4) is 33.6 Å². The van der Waals surface area contributed by atoms with Crippen LogP contribution in [0.25, 0.3) is 33.6 Å². The standard InChI is InChI=1S/C42H47N9O6/c1-25(2)36(49-42(55)56-3)40(53)51-20-6-9-34(51)38-46-24-32(48-38)30-16-12-28(13-17-30)27-10-14-29(15-11-27)31-23-45-37(47-31)33-8-5-19-50(33)39(52)35(57-41(43)54)21-26-7-4-18-44-22-26/h4,7,10-18,22-25,33-36H,5-6,8-9,19-21H2,1-3H3,(H2,43,54)(H,45,47)(H,46,48)(H,49,55)/t33-,34-,35-,36-/m0/s1. The molecule has 5 heterocycles. The van der Waals surface area contributed by atoms with Gasteiger partial charge in [0, 0.05) is 31.9 Å². The second-order valence-electron chi connectivity index (χ2n) is 14.7. The second-order valence-corrected chi connectivity index (χ2v) is 14.7. The minimum atomic E-state index is -1.07. The number of hydrogen-bond acceptors (Lipinski definition) is 9. The molecule has 2 fully saturated rings. The van der Waals surface area contributed by atoms with Crippen LogP contribution in [0.15, 0.2) is 85.5 Å². The summed E-state index contributed by atoms with van der Waals surface area (Å²) >= 11 is 0. The van der Waals surface area contributed by atoms with Crippen LogP contribution in [0.4, 0.5) is 9.59 Å². The summed E-state index contributed by atoms with van der Waals surface area (Å²) in [5, 5.41) is 2.69. The fraction of sp³-hybridized carbons (Fsp3) is 0.357. The molecular formula is C42H47N9O6. The fourth-order valence-electron chi connectivity index (χ4n) is 7.73. The zero-order valence-corrected chi connectivity index (χ0v) is 32.2. The van der Waals surface area contributed by atoms with Crippen LogP contribution >= 0.6 is 0 Å². The van der Waals surface area contributed by atoms with Gasteiger partial charge in [-0.1, -0.05) is 68.4 Å². The Morgan fingerprint density at radius 2 is 1.32 bits per heavy atom. The molecule has 296 valence electrons. The van der Waals surface area contributed by atoms with Gasteiger partial charge in [0.1, 0.15) is 17.7 Å². The molecule has 15 heteroatoms. The van der Waals surface area contributed by atoms with Crippen LogP contribution in [0.2, 0.25) is 0 Å². The van der Waals surface area contributed by atoms with Crippen molar-refractivity contribution in [2.24, 2.45) is 11.7 Å². The molecule has 2 aliphatic rings. The number of carbonyl (C=O) groups is 4. The first-order chi connectivity index (χ1) is 27.6. The van der Waals surface area contributed by atoms with Gasteiger partial charge in [-0.2, -0.15) is 0 Å². The minimum Gasteiger partial charge on any atom is -0.453 e. The summed E-state index contributed by atoms with van der Waals surface area (Å²) in [6, 6.07) is 18.8. The summed E-state index contributed by atoms with van der Waals surface area (Å²) < 4.78 is 10.0. The van der Waals surface area contributed by atoms with E-state index >= 15 is 0 Å². The van der Waals surface area contributed by atoms with E-state index in [2.05, 4.69) is 54.5 Å². The maximum Gasteiger partial charge on any atom is 0.407 e. The van der Waals surface area contributed by atoms with Crippen LogP contribution in [0, 0.1) is 5.92 Å². The molecule has 2 aliphatic heterocycles. The molecule has 5 N–H and O–H groups in total. The lowest BCUT2D eigenvalue weighted by Gasteiger charge is -2.30. The average Bonchev–Trinajstić information content (AvgIpc) is 4.06. The van der Waals surface area contributed by atoms with Crippen molar-refractivity contribution in [1.82, 2.24) is 40.0 Å². The largest absolute Gasteiger partial charge is 0.453 e. The molecule has 57 heavy (non-hydrogen) atoms. The van der Waals surface area contributed by atoms with E-state index in [0.29, 0.717) is 24.7 Å². The van der Waals surface area contributed by atoms with Crippen molar-refractivity contribution in [1.29, 1.82) is 0 Å². The number of nitrogens with two attached hydrogens (primary N) is 1. The molecule has 7 rings (SSSR count). The van der Waals surface area contributed by atoms with E-state index in [1.54, 1.807) is 40.7 Å². The van der Waals surface area contributed by atoms with Crippen molar-refractivity contribution in [3.05, 3.63) is 103 Å². The number of benzene rings is 2. The Balaban J connectivity index is 0.998. The molecule has 3 aromatic heterocycles. The van der Waals surface area contributed by atoms with E-state index in [9.17, 15) is 19.2 Å². The van der Waals surface area contributed by atoms with Gasteiger partial charge in [-0.3, -0.25) is 14.6 Å². The van der Waals surface area contributed by atoms with Crippen LogP contribution in [0.1, 0.15) is 68.8 Å². The van der Waals surface area contributed by atoms with Crippen LogP contribution in [0.5, 0.6) is 0 Å². The summed E-state index contributed by atoms with van der Waals surface area (Å²) in [5.41, 5.74) is 11.8. The summed E-state index contributed by atoms with van der Waals surface area (Å²) in [6.07, 6.45) is 7.43. The quantitative estimate of drug-likeness (QED) is 0.118. The molecule has 0 unspecified atom stereocenters. The van der Waals surface area contributed by atoms with Gasteiger partial charge in [-0.15, -0.1) is 0 Å². The zero-order chi connectivity index (χ0) is 40.1. The SMILES string of the molecule is COC(=O)N[C@H](C(=O)N1CCC[C@H]1c1ncc(-c2ccc(-c3ccc(-c4cnc([C@@H]5CCCN5C(=O)[C@H](Cc5cccnc5)OC(N)=O)[nH]4)cc3)cc2)[nH]1)C(C)C. The van der Waals surface area contributed by atoms with Gasteiger partial charge in [0.05, 0.1) is 43.0 Å². The van der Waals surface area contributed by atoms with Gasteiger partial charge in [0.2, 0.25) is 5.91 Å². The number of H-pyrrole nitrogens is 2. The third kappa shape index (κ3) is 8.67. The molecule has 0 radical (unpaired) electrons. The zero-order valence-electron chi connectivity index (χ0n) is 32.2. The Morgan fingerprint density at radius 1 is 0.789 bits per heavy atom. The molecular weight excluding hydrogens is 727 g/mol. The maximum absolute atomic E-state index is 13.7. The molecule has 0 aliphatic carbocycles. The van der Waals surface area contributed by atoms with Crippen molar-refractivity contribution in [2.45, 2.75) is 70.2 Å². The molecule has 0 spiro atoms. The highest BCUT2D eigenvalue weighted by Gasteiger charge is 2.39. The lowest BCUT2D eigenvalue weighted by molar-refractivity contribution is -0.141. The van der Waals surface area contributed by atoms with Crippen molar-refractivity contribution >= 4 is 24.0 Å². The van der Waals surface area contributed by atoms with Gasteiger partial charge >= 0.3 is 12.2 Å². The molecule has 4 atom stereocenters. The van der Waals surface area contributed by atoms with E-state index in [0.717, 1.165) is 64.9 Å². The predicted octanol–water partition coefficient (Wildman–Crippen LogP) is 5.94. The van der Waals surface area contributed by atoms with E-state index in [1.165, 1.54) is 7.11 Å². The maximum atomic E-state index is 13.7. The summed E-state index contributed by atoms with van der Waals surface area (Å²) in [7, 11) is 1.29. The van der Waals surface area contributed by atoms with Crippen molar-refractivity contribution in [3.63, 3.8) is 0 Å². The topological polar surface area (TPSA) is 202 Å². The summed E-state index contributed by atoms with van der Waals surface area (Å²) in [4.78, 5) is 74.7. The number of ether oxygens (including phenoxy) is 2. The van der Waals surface area contributed by atoms with Crippen LogP contribution in [-0.2, 0) is 25.5 Å². The highest BCUT2D eigenvalue weighted by atomic mass is 16.6. The highest BCUT2D eigenvalue weighted by Crippen LogP contribution is 2.35. The van der Waals surface area contributed by atoms with Gasteiger partial charge in [0.25, 0.3) is 5.91 Å². The first-order valence-electron chi connectivity index (χ1n) is 19.2. The lowest BCUT2D eigenvalue weighted by atomic mass is 10.0. The number of likely N-dealkylation sites (tertiary alicyclic amines) is 2. The first-order valence-corrected chi connectivity index (χ1v) is 19.2. The normalized spacial score (nSPS) is 17.7. The van der Waals surface area contributed by atoms with Crippen LogP contribution < -0.4 is 11.1 Å². The van der Waals surface area contributed by atoms with Crippen LogP contribution in [0.3, 0.4) is 0 Å². The number of primary amides is 1. The molecule has 4 amide bonds. The predicted molar refractivity (Wildman–Crippen MR) is 211 cm³/mol. The molecule has 0 saturated carbocycles. The van der Waals surface area contributed by atoms with Gasteiger partial charge in [-0.25, -0.2) is 19.6 Å². The Labute approximate surface area is 330 Å². The van der Waals surface area contributed by atoms with Gasteiger partial charge in [-0.05, 0) is 65.5 Å². The number of hydrogen-bond donors (Lipinski definition) is 4. The van der Waals surface area contributed by atoms with Gasteiger partial charge in [0.15, 0.2) is 6.10 Å². The molecule has 5 aromatic rings. The average molecular weight is 774 g/mol. The summed E-state index contributed by atoms with van der Waals surface area (Å²) in [6.45, 7) is 4.89. The molecule has 2 aromatic carbocycles. The highest BCUT2D eigenvalue weighted by molar-refractivity contribution is 5.86. The Bertz CT molecular complexity index is 2180. The number of aromatic amines is 2. The van der Waals surface area contributed by atoms with E-state index < -0.39 is 24.3 Å². The van der Waals surface area contributed by atoms with Crippen LogP contribution in [-0.4, -0.2) is 91.1 Å². The monoisotopic (exact) mass is 773 g/mol. The third-order valence-electron chi connectivity index (χ3n) is 10.7. The first kappa shape index (κ1) is 38.8. The Hall–Kier alpha value is -6.51. The second kappa shape index (κ2) is 17.1. The summed E-state index contributed by atoms with van der Waals surface area (Å²) in [5.74, 6) is 0.805. The Morgan fingerprint density at radius 3 is 1.79 bits per heavy atom. The van der Waals surface area contributed by atoms with E-state index in [1.807, 2.05) is 44.2 Å². The number of amides is 4. The van der Waals surface area contributed by atoms with Crippen molar-refractivity contribution < 1.29 is 28.7 Å². The number of aromatic nitrogens is 5. The van der Waals surface area contributed by atoms with Crippen molar-refractivity contribution in [2.75, 3.05) is 20.2 Å². The number of carbonyl (C=O) groups excluding carboxylic acids is 4. The van der Waals surface area contributed by atoms with E-state index in [-0.39, 0.29) is 36.2 Å². The number of nitrogens with one attached hydrogen (secondary N) is 3. The molecule has 2 saturated heterocycles. The number of pyridine rings is 1. The van der Waals surface area contributed by atoms with E-state index in [4.69, 9.17) is 15.2 Å². The fourth-order valence-corrected chi connectivity index (χ4v) is 7.73. The number of methoxy groups -OCH3 is 1. The lowest BCUT2D eigenvalue weighted by Crippen LogP contribution is -2.51. The number of rotatable bonds is 12. The van der Waals surface area contributed by atoms with Gasteiger partial charge < -0.3 is 40.3 Å². The smallest absolute Gasteiger partial charge is 0.407 e.